The maximum Gasteiger partial charge on any atom is 0.199 e. The van der Waals surface area contributed by atoms with Gasteiger partial charge in [0.15, 0.2) is 17.3 Å². The zero-order chi connectivity index (χ0) is 15.7. The largest absolute Gasteiger partial charge is 0.379 e. The van der Waals surface area contributed by atoms with Crippen LogP contribution in [0.2, 0.25) is 0 Å². The molecule has 3 atom stereocenters. The minimum absolute atomic E-state index is 0.126. The highest BCUT2D eigenvalue weighted by Gasteiger charge is 2.31. The lowest BCUT2D eigenvalue weighted by molar-refractivity contribution is 0.185. The Bertz CT molecular complexity index is 702. The molecule has 2 N–H and O–H groups in total. The van der Waals surface area contributed by atoms with Gasteiger partial charge in [0.1, 0.15) is 12.7 Å². The Labute approximate surface area is 126 Å². The van der Waals surface area contributed by atoms with E-state index in [2.05, 4.69) is 26.0 Å². The number of anilines is 1. The Hall–Kier alpha value is -2.43. The van der Waals surface area contributed by atoms with Crippen molar-refractivity contribution in [1.82, 2.24) is 19.9 Å². The van der Waals surface area contributed by atoms with E-state index in [0.717, 1.165) is 12.1 Å². The van der Waals surface area contributed by atoms with Crippen molar-refractivity contribution < 1.29 is 9.02 Å². The number of nitrogen functional groups attached to an aromatic ring is 1. The molecule has 3 rings (SSSR count). The molecule has 2 unspecified atom stereocenters. The summed E-state index contributed by atoms with van der Waals surface area (Å²) in [4.78, 5) is 4.58. The van der Waals surface area contributed by atoms with E-state index in [1.165, 1.54) is 0 Å². The van der Waals surface area contributed by atoms with Crippen LogP contribution in [0.1, 0.15) is 37.8 Å². The van der Waals surface area contributed by atoms with Crippen molar-refractivity contribution in [2.24, 2.45) is 5.92 Å². The second-order valence-electron chi connectivity index (χ2n) is 5.77. The van der Waals surface area contributed by atoms with Crippen LogP contribution < -0.4 is 5.73 Å². The summed E-state index contributed by atoms with van der Waals surface area (Å²) in [6, 6.07) is 2.08. The Balaban J connectivity index is 1.97. The molecule has 1 fully saturated rings. The molecule has 0 spiro atoms. The number of imidazole rings is 1. The summed E-state index contributed by atoms with van der Waals surface area (Å²) in [5.41, 5.74) is 6.88. The van der Waals surface area contributed by atoms with Crippen LogP contribution in [0, 0.1) is 17.2 Å². The van der Waals surface area contributed by atoms with Crippen molar-refractivity contribution in [2.75, 3.05) is 5.73 Å². The van der Waals surface area contributed by atoms with Crippen LogP contribution in [0.25, 0.3) is 11.5 Å². The summed E-state index contributed by atoms with van der Waals surface area (Å²) >= 11 is 0. The zero-order valence-electron chi connectivity index (χ0n) is 12.2. The first-order valence-corrected chi connectivity index (χ1v) is 7.26. The standard InChI is InChI=1S/C14H17FN6O/c1-8-6-9(15)2-3-10(8)11-7-21(5-4-16)14(18-11)12-13(17)20-22-19-12/h7-10H,2-3,5-6H2,1H3,(H2,17,20)/t8?,9?,10-/m1/s1. The van der Waals surface area contributed by atoms with Gasteiger partial charge in [0, 0.05) is 12.1 Å². The molecule has 0 radical (unpaired) electrons. The van der Waals surface area contributed by atoms with Crippen molar-refractivity contribution >= 4 is 5.82 Å². The predicted octanol–water partition coefficient (Wildman–Crippen LogP) is 2.28. The third-order valence-corrected chi connectivity index (χ3v) is 4.25. The maximum absolute atomic E-state index is 13.5. The predicted molar refractivity (Wildman–Crippen MR) is 76.2 cm³/mol. The van der Waals surface area contributed by atoms with Gasteiger partial charge in [-0.05, 0) is 35.5 Å². The van der Waals surface area contributed by atoms with Gasteiger partial charge in [0.25, 0.3) is 0 Å². The Morgan fingerprint density at radius 3 is 2.95 bits per heavy atom. The molecule has 0 bridgehead atoms. The summed E-state index contributed by atoms with van der Waals surface area (Å²) in [5.74, 6) is 0.975. The SMILES string of the molecule is CC1CC(F)CC[C@H]1c1cn(CC#N)c(-c2nonc2N)n1. The first-order chi connectivity index (χ1) is 10.6. The molecule has 116 valence electrons. The molecule has 0 aliphatic heterocycles. The lowest BCUT2D eigenvalue weighted by Gasteiger charge is -2.29. The fourth-order valence-corrected chi connectivity index (χ4v) is 3.12. The van der Waals surface area contributed by atoms with Crippen LogP contribution in [-0.4, -0.2) is 26.0 Å². The summed E-state index contributed by atoms with van der Waals surface area (Å²) in [6.07, 6.45) is 2.92. The van der Waals surface area contributed by atoms with Gasteiger partial charge in [0.2, 0.25) is 0 Å². The molecule has 0 saturated heterocycles. The normalized spacial score (nSPS) is 25.0. The van der Waals surface area contributed by atoms with Gasteiger partial charge in [-0.1, -0.05) is 6.92 Å². The smallest absolute Gasteiger partial charge is 0.199 e. The number of hydrogen-bond donors (Lipinski definition) is 1. The van der Waals surface area contributed by atoms with Crippen molar-refractivity contribution in [3.05, 3.63) is 11.9 Å². The first kappa shape index (κ1) is 14.5. The maximum atomic E-state index is 13.5. The molecule has 1 aliphatic rings. The van der Waals surface area contributed by atoms with E-state index in [1.54, 1.807) is 4.57 Å². The summed E-state index contributed by atoms with van der Waals surface area (Å²) in [7, 11) is 0. The van der Waals surface area contributed by atoms with E-state index in [-0.39, 0.29) is 24.2 Å². The minimum atomic E-state index is -0.734. The minimum Gasteiger partial charge on any atom is -0.379 e. The highest BCUT2D eigenvalue weighted by molar-refractivity contribution is 5.63. The summed E-state index contributed by atoms with van der Waals surface area (Å²) < 4.78 is 19.8. The van der Waals surface area contributed by atoms with Crippen molar-refractivity contribution in [3.63, 3.8) is 0 Å². The fourth-order valence-electron chi connectivity index (χ4n) is 3.12. The number of halogens is 1. The van der Waals surface area contributed by atoms with E-state index in [1.807, 2.05) is 13.1 Å². The van der Waals surface area contributed by atoms with Gasteiger partial charge in [0.05, 0.1) is 11.8 Å². The number of nitrogens with zero attached hydrogens (tertiary/aromatic N) is 5. The average Bonchev–Trinajstić information content (AvgIpc) is 3.05. The molecular weight excluding hydrogens is 287 g/mol. The first-order valence-electron chi connectivity index (χ1n) is 7.26. The van der Waals surface area contributed by atoms with Gasteiger partial charge < -0.3 is 10.3 Å². The highest BCUT2D eigenvalue weighted by Crippen LogP contribution is 2.39. The Morgan fingerprint density at radius 2 is 2.32 bits per heavy atom. The molecule has 2 aromatic heterocycles. The molecule has 2 heterocycles. The van der Waals surface area contributed by atoms with E-state index >= 15 is 0 Å². The molecule has 0 aromatic carbocycles. The number of nitrogens with two attached hydrogens (primary N) is 1. The number of nitriles is 1. The number of rotatable bonds is 3. The van der Waals surface area contributed by atoms with Crippen molar-refractivity contribution in [1.29, 1.82) is 5.26 Å². The zero-order valence-corrected chi connectivity index (χ0v) is 12.2. The summed E-state index contributed by atoms with van der Waals surface area (Å²) in [5, 5.41) is 16.3. The number of alkyl halides is 1. The lowest BCUT2D eigenvalue weighted by atomic mass is 9.78. The van der Waals surface area contributed by atoms with E-state index < -0.39 is 6.17 Å². The van der Waals surface area contributed by atoms with Crippen LogP contribution in [0.5, 0.6) is 0 Å². The van der Waals surface area contributed by atoms with Gasteiger partial charge in [-0.15, -0.1) is 0 Å². The quantitative estimate of drug-likeness (QED) is 0.932. The van der Waals surface area contributed by atoms with E-state index in [0.29, 0.717) is 24.4 Å². The summed E-state index contributed by atoms with van der Waals surface area (Å²) in [6.45, 7) is 2.16. The Kier molecular flexibility index (Phi) is 3.79. The molecule has 7 nitrogen and oxygen atoms in total. The van der Waals surface area contributed by atoms with Crippen LogP contribution in [0.4, 0.5) is 10.2 Å². The van der Waals surface area contributed by atoms with Gasteiger partial charge >= 0.3 is 0 Å². The molecular formula is C14H17FN6O. The van der Waals surface area contributed by atoms with Crippen LogP contribution in [-0.2, 0) is 6.54 Å². The Morgan fingerprint density at radius 1 is 1.50 bits per heavy atom. The molecule has 2 aromatic rings. The van der Waals surface area contributed by atoms with Crippen LogP contribution >= 0.6 is 0 Å². The van der Waals surface area contributed by atoms with Crippen molar-refractivity contribution in [2.45, 2.75) is 44.8 Å². The van der Waals surface area contributed by atoms with Gasteiger partial charge in [-0.25, -0.2) is 14.0 Å². The average molecular weight is 304 g/mol. The van der Waals surface area contributed by atoms with Crippen LogP contribution in [0.15, 0.2) is 10.8 Å². The molecule has 1 saturated carbocycles. The monoisotopic (exact) mass is 304 g/mol. The van der Waals surface area contributed by atoms with E-state index in [4.69, 9.17) is 11.0 Å². The van der Waals surface area contributed by atoms with Crippen LogP contribution in [0.3, 0.4) is 0 Å². The molecule has 0 amide bonds. The van der Waals surface area contributed by atoms with E-state index in [9.17, 15) is 4.39 Å². The third kappa shape index (κ3) is 2.54. The molecule has 1 aliphatic carbocycles. The lowest BCUT2D eigenvalue weighted by Crippen LogP contribution is -2.22. The topological polar surface area (TPSA) is 107 Å². The fraction of sp³-hybridized carbons (Fsp3) is 0.571. The highest BCUT2D eigenvalue weighted by atomic mass is 19.1. The molecule has 22 heavy (non-hydrogen) atoms. The third-order valence-electron chi connectivity index (χ3n) is 4.25. The number of aromatic nitrogens is 4. The second kappa shape index (κ2) is 5.75. The molecule has 8 heteroatoms. The number of hydrogen-bond acceptors (Lipinski definition) is 6. The van der Waals surface area contributed by atoms with Gasteiger partial charge in [-0.3, -0.25) is 0 Å². The van der Waals surface area contributed by atoms with Gasteiger partial charge in [-0.2, -0.15) is 5.26 Å². The second-order valence-corrected chi connectivity index (χ2v) is 5.77. The van der Waals surface area contributed by atoms with Crippen molar-refractivity contribution in [3.8, 4) is 17.6 Å².